The van der Waals surface area contributed by atoms with Gasteiger partial charge in [-0.3, -0.25) is 0 Å². The van der Waals surface area contributed by atoms with Crippen LogP contribution in [0.5, 0.6) is 11.5 Å². The molecule has 0 aliphatic rings. The summed E-state index contributed by atoms with van der Waals surface area (Å²) in [5.74, 6) is 1.43. The van der Waals surface area contributed by atoms with Crippen molar-refractivity contribution >= 4 is 0 Å². The van der Waals surface area contributed by atoms with E-state index in [1.165, 1.54) is 0 Å². The zero-order valence-electron chi connectivity index (χ0n) is 12.1. The summed E-state index contributed by atoms with van der Waals surface area (Å²) in [5.41, 5.74) is 4.76. The topological polar surface area (TPSA) is 64.7 Å². The second-order valence-electron chi connectivity index (χ2n) is 4.86. The van der Waals surface area contributed by atoms with Crippen LogP contribution < -0.4 is 15.2 Å². The molecule has 108 valence electrons. The lowest BCUT2D eigenvalue weighted by molar-refractivity contribution is -0.0114. The molecule has 1 atom stereocenters. The van der Waals surface area contributed by atoms with E-state index in [1.807, 2.05) is 45.0 Å². The fraction of sp³-hybridized carbons (Fsp3) is 0.600. The van der Waals surface area contributed by atoms with E-state index in [9.17, 15) is 5.11 Å². The molecule has 1 aromatic carbocycles. The Labute approximate surface area is 115 Å². The van der Waals surface area contributed by atoms with Crippen LogP contribution in [0.25, 0.3) is 0 Å². The maximum Gasteiger partial charge on any atom is 0.123 e. The van der Waals surface area contributed by atoms with E-state index >= 15 is 0 Å². The van der Waals surface area contributed by atoms with E-state index in [1.54, 1.807) is 0 Å². The van der Waals surface area contributed by atoms with Crippen LogP contribution in [-0.2, 0) is 0 Å². The van der Waals surface area contributed by atoms with E-state index in [-0.39, 0.29) is 12.7 Å². The van der Waals surface area contributed by atoms with Crippen molar-refractivity contribution in [3.05, 3.63) is 24.3 Å². The van der Waals surface area contributed by atoms with E-state index in [0.29, 0.717) is 25.1 Å². The van der Waals surface area contributed by atoms with Gasteiger partial charge in [0.25, 0.3) is 0 Å². The van der Waals surface area contributed by atoms with Crippen LogP contribution in [0.4, 0.5) is 0 Å². The lowest BCUT2D eigenvalue weighted by Crippen LogP contribution is -2.34. The Morgan fingerprint density at radius 2 is 1.89 bits per heavy atom. The van der Waals surface area contributed by atoms with E-state index < -0.39 is 5.60 Å². The molecule has 4 heteroatoms. The zero-order valence-corrected chi connectivity index (χ0v) is 12.1. The van der Waals surface area contributed by atoms with Crippen molar-refractivity contribution < 1.29 is 14.6 Å². The maximum atomic E-state index is 10.2. The second kappa shape index (κ2) is 7.36. The van der Waals surface area contributed by atoms with Gasteiger partial charge in [-0.1, -0.05) is 19.9 Å². The highest BCUT2D eigenvalue weighted by molar-refractivity contribution is 5.33. The largest absolute Gasteiger partial charge is 0.490 e. The van der Waals surface area contributed by atoms with Crippen molar-refractivity contribution in [1.29, 1.82) is 0 Å². The van der Waals surface area contributed by atoms with Gasteiger partial charge in [-0.2, -0.15) is 0 Å². The Bertz CT molecular complexity index is 377. The SMILES string of the molecule is CCC(O)(CC)COc1cccc(O[C@@H](C)CN)c1. The normalized spacial score (nSPS) is 13.1. The van der Waals surface area contributed by atoms with Gasteiger partial charge in [0, 0.05) is 12.6 Å². The molecular formula is C15H25NO3. The van der Waals surface area contributed by atoms with Crippen molar-refractivity contribution in [1.82, 2.24) is 0 Å². The van der Waals surface area contributed by atoms with Crippen LogP contribution in [0, 0.1) is 0 Å². The summed E-state index contributed by atoms with van der Waals surface area (Å²) in [6.07, 6.45) is 1.31. The van der Waals surface area contributed by atoms with E-state index in [4.69, 9.17) is 15.2 Å². The first-order valence-electron chi connectivity index (χ1n) is 6.85. The standard InChI is InChI=1S/C15H25NO3/c1-4-15(17,5-2)11-18-13-7-6-8-14(9-13)19-12(3)10-16/h6-9,12,17H,4-5,10-11,16H2,1-3H3/t12-/m0/s1. The third-order valence-corrected chi connectivity index (χ3v) is 3.30. The lowest BCUT2D eigenvalue weighted by Gasteiger charge is -2.25. The molecule has 0 bridgehead atoms. The molecule has 0 unspecified atom stereocenters. The molecule has 0 aliphatic heterocycles. The Hall–Kier alpha value is -1.26. The Morgan fingerprint density at radius 1 is 1.26 bits per heavy atom. The number of rotatable bonds is 8. The highest BCUT2D eigenvalue weighted by Gasteiger charge is 2.23. The second-order valence-corrected chi connectivity index (χ2v) is 4.86. The molecule has 19 heavy (non-hydrogen) atoms. The van der Waals surface area contributed by atoms with Crippen LogP contribution >= 0.6 is 0 Å². The Kier molecular flexibility index (Phi) is 6.12. The molecule has 0 aromatic heterocycles. The van der Waals surface area contributed by atoms with Crippen LogP contribution in [0.2, 0.25) is 0 Å². The molecule has 0 amide bonds. The van der Waals surface area contributed by atoms with Gasteiger partial charge < -0.3 is 20.3 Å². The van der Waals surface area contributed by atoms with Gasteiger partial charge in [0.05, 0.1) is 5.60 Å². The summed E-state index contributed by atoms with van der Waals surface area (Å²) in [5, 5.41) is 10.2. The van der Waals surface area contributed by atoms with Crippen molar-refractivity contribution in [2.24, 2.45) is 5.73 Å². The summed E-state index contributed by atoms with van der Waals surface area (Å²) >= 11 is 0. The molecule has 0 radical (unpaired) electrons. The predicted molar refractivity (Wildman–Crippen MR) is 76.6 cm³/mol. The summed E-state index contributed by atoms with van der Waals surface area (Å²) < 4.78 is 11.3. The first-order valence-corrected chi connectivity index (χ1v) is 6.85. The smallest absolute Gasteiger partial charge is 0.123 e. The van der Waals surface area contributed by atoms with Gasteiger partial charge in [0.1, 0.15) is 24.2 Å². The third kappa shape index (κ3) is 5.09. The number of aliphatic hydroxyl groups is 1. The first kappa shape index (κ1) is 15.8. The Balaban J connectivity index is 2.62. The van der Waals surface area contributed by atoms with Crippen molar-refractivity contribution in [3.8, 4) is 11.5 Å². The third-order valence-electron chi connectivity index (χ3n) is 3.30. The van der Waals surface area contributed by atoms with Gasteiger partial charge in [-0.05, 0) is 31.9 Å². The van der Waals surface area contributed by atoms with Crippen LogP contribution in [-0.4, -0.2) is 30.0 Å². The van der Waals surface area contributed by atoms with E-state index in [0.717, 1.165) is 5.75 Å². The van der Waals surface area contributed by atoms with Crippen molar-refractivity contribution in [2.75, 3.05) is 13.2 Å². The molecule has 0 heterocycles. The van der Waals surface area contributed by atoms with Crippen LogP contribution in [0.15, 0.2) is 24.3 Å². The molecule has 1 aromatic rings. The number of hydrogen-bond donors (Lipinski definition) is 2. The van der Waals surface area contributed by atoms with Crippen LogP contribution in [0.1, 0.15) is 33.6 Å². The summed E-state index contributed by atoms with van der Waals surface area (Å²) in [6, 6.07) is 7.40. The Morgan fingerprint density at radius 3 is 2.47 bits per heavy atom. The molecule has 4 nitrogen and oxygen atoms in total. The molecule has 0 fully saturated rings. The number of benzene rings is 1. The number of ether oxygens (including phenoxy) is 2. The van der Waals surface area contributed by atoms with E-state index in [2.05, 4.69) is 0 Å². The highest BCUT2D eigenvalue weighted by Crippen LogP contribution is 2.23. The molecule has 1 rings (SSSR count). The van der Waals surface area contributed by atoms with Gasteiger partial charge in [0.15, 0.2) is 0 Å². The summed E-state index contributed by atoms with van der Waals surface area (Å²) in [7, 11) is 0. The molecule has 0 aliphatic carbocycles. The van der Waals surface area contributed by atoms with Crippen molar-refractivity contribution in [3.63, 3.8) is 0 Å². The quantitative estimate of drug-likeness (QED) is 0.759. The molecule has 3 N–H and O–H groups in total. The average molecular weight is 267 g/mol. The number of nitrogens with two attached hydrogens (primary N) is 1. The minimum atomic E-state index is -0.762. The molecule has 0 saturated carbocycles. The minimum absolute atomic E-state index is 0.0292. The highest BCUT2D eigenvalue weighted by atomic mass is 16.5. The molecule has 0 spiro atoms. The minimum Gasteiger partial charge on any atom is -0.490 e. The monoisotopic (exact) mass is 267 g/mol. The maximum absolute atomic E-state index is 10.2. The van der Waals surface area contributed by atoms with Crippen molar-refractivity contribution in [2.45, 2.75) is 45.3 Å². The summed E-state index contributed by atoms with van der Waals surface area (Å²) in [6.45, 7) is 6.58. The fourth-order valence-corrected chi connectivity index (χ4v) is 1.59. The lowest BCUT2D eigenvalue weighted by atomic mass is 9.99. The predicted octanol–water partition coefficient (Wildman–Crippen LogP) is 2.34. The van der Waals surface area contributed by atoms with Gasteiger partial charge >= 0.3 is 0 Å². The molecular weight excluding hydrogens is 242 g/mol. The van der Waals surface area contributed by atoms with Gasteiger partial charge in [-0.25, -0.2) is 0 Å². The number of hydrogen-bond acceptors (Lipinski definition) is 4. The molecule has 0 saturated heterocycles. The van der Waals surface area contributed by atoms with Gasteiger partial charge in [-0.15, -0.1) is 0 Å². The summed E-state index contributed by atoms with van der Waals surface area (Å²) in [4.78, 5) is 0. The van der Waals surface area contributed by atoms with Gasteiger partial charge in [0.2, 0.25) is 0 Å². The van der Waals surface area contributed by atoms with Crippen LogP contribution in [0.3, 0.4) is 0 Å². The first-order chi connectivity index (χ1) is 9.03. The average Bonchev–Trinajstić information content (AvgIpc) is 2.45. The fourth-order valence-electron chi connectivity index (χ4n) is 1.59. The zero-order chi connectivity index (χ0) is 14.3.